The molecule has 1 saturated heterocycles. The summed E-state index contributed by atoms with van der Waals surface area (Å²) in [7, 11) is 0. The molecule has 2 rings (SSSR count). The van der Waals surface area contributed by atoms with Crippen LogP contribution >= 0.6 is 12.4 Å². The molecular weight excluding hydrogens is 258 g/mol. The third kappa shape index (κ3) is 2.90. The number of hydrogen-bond donors (Lipinski definition) is 1. The van der Waals surface area contributed by atoms with Gasteiger partial charge in [-0.3, -0.25) is 0 Å². The maximum absolute atomic E-state index is 14.2. The molecule has 6 heteroatoms. The predicted octanol–water partition coefficient (Wildman–Crippen LogP) is 3.29. The summed E-state index contributed by atoms with van der Waals surface area (Å²) in [6.07, 6.45) is -4.20. The second kappa shape index (κ2) is 4.82. The largest absolute Gasteiger partial charge is 0.416 e. The Balaban J connectivity index is 0.00000144. The molecule has 1 atom stereocenters. The third-order valence-corrected chi connectivity index (χ3v) is 2.81. The zero-order chi connectivity index (χ0) is 11.8. The van der Waals surface area contributed by atoms with Gasteiger partial charge >= 0.3 is 6.18 Å². The monoisotopic (exact) mass is 269 g/mol. The molecule has 0 radical (unpaired) electrons. The molecule has 17 heavy (non-hydrogen) atoms. The van der Waals surface area contributed by atoms with Crippen molar-refractivity contribution in [3.05, 3.63) is 35.4 Å². The minimum Gasteiger partial charge on any atom is -0.313 e. The number of benzene rings is 1. The van der Waals surface area contributed by atoms with E-state index in [9.17, 15) is 17.6 Å². The van der Waals surface area contributed by atoms with E-state index in [1.54, 1.807) is 0 Å². The zero-order valence-electron chi connectivity index (χ0n) is 8.85. The lowest BCUT2D eigenvalue weighted by atomic mass is 9.93. The Labute approximate surface area is 103 Å². The van der Waals surface area contributed by atoms with Crippen molar-refractivity contribution in [2.24, 2.45) is 0 Å². The highest BCUT2D eigenvalue weighted by Crippen LogP contribution is 2.36. The Hall–Kier alpha value is -0.810. The van der Waals surface area contributed by atoms with E-state index in [0.717, 1.165) is 12.1 Å². The van der Waals surface area contributed by atoms with E-state index in [-0.39, 0.29) is 30.9 Å². The second-order valence-electron chi connectivity index (χ2n) is 3.97. The smallest absolute Gasteiger partial charge is 0.313 e. The van der Waals surface area contributed by atoms with E-state index < -0.39 is 17.4 Å². The van der Waals surface area contributed by atoms with Gasteiger partial charge in [0.2, 0.25) is 0 Å². The highest BCUT2D eigenvalue weighted by atomic mass is 35.5. The van der Waals surface area contributed by atoms with E-state index in [2.05, 4.69) is 5.32 Å². The van der Waals surface area contributed by atoms with Gasteiger partial charge in [0.1, 0.15) is 5.67 Å². The van der Waals surface area contributed by atoms with Gasteiger partial charge in [0.05, 0.1) is 5.56 Å². The van der Waals surface area contributed by atoms with E-state index >= 15 is 0 Å². The summed E-state index contributed by atoms with van der Waals surface area (Å²) >= 11 is 0. The number of alkyl halides is 4. The van der Waals surface area contributed by atoms with Gasteiger partial charge in [0, 0.05) is 6.54 Å². The van der Waals surface area contributed by atoms with Crippen LogP contribution in [-0.2, 0) is 11.8 Å². The summed E-state index contributed by atoms with van der Waals surface area (Å²) in [5, 5.41) is 2.81. The molecule has 1 unspecified atom stereocenters. The van der Waals surface area contributed by atoms with Crippen molar-refractivity contribution < 1.29 is 17.6 Å². The highest BCUT2D eigenvalue weighted by Gasteiger charge is 2.38. The van der Waals surface area contributed by atoms with E-state index in [0.29, 0.717) is 6.54 Å². The van der Waals surface area contributed by atoms with Gasteiger partial charge < -0.3 is 5.32 Å². The number of nitrogens with one attached hydrogen (secondary N) is 1. The highest BCUT2D eigenvalue weighted by molar-refractivity contribution is 5.85. The van der Waals surface area contributed by atoms with E-state index in [1.165, 1.54) is 12.1 Å². The van der Waals surface area contributed by atoms with Gasteiger partial charge in [-0.1, -0.05) is 12.1 Å². The lowest BCUT2D eigenvalue weighted by Gasteiger charge is -2.19. The van der Waals surface area contributed by atoms with Crippen LogP contribution in [-0.4, -0.2) is 13.1 Å². The topological polar surface area (TPSA) is 12.0 Å². The molecule has 1 aliphatic heterocycles. The first-order valence-electron chi connectivity index (χ1n) is 4.99. The van der Waals surface area contributed by atoms with Crippen LogP contribution in [0, 0.1) is 0 Å². The van der Waals surface area contributed by atoms with Crippen LogP contribution in [0.3, 0.4) is 0 Å². The van der Waals surface area contributed by atoms with Crippen LogP contribution in [0.25, 0.3) is 0 Å². The van der Waals surface area contributed by atoms with E-state index in [4.69, 9.17) is 0 Å². The van der Waals surface area contributed by atoms with Gasteiger partial charge in [-0.25, -0.2) is 4.39 Å². The molecule has 1 heterocycles. The Morgan fingerprint density at radius 1 is 1.24 bits per heavy atom. The van der Waals surface area contributed by atoms with Crippen molar-refractivity contribution in [3.63, 3.8) is 0 Å². The summed E-state index contributed by atoms with van der Waals surface area (Å²) in [6, 6.07) is 4.50. The lowest BCUT2D eigenvalue weighted by Crippen LogP contribution is -2.23. The first-order valence-corrected chi connectivity index (χ1v) is 4.99. The molecule has 0 spiro atoms. The number of rotatable bonds is 1. The maximum Gasteiger partial charge on any atom is 0.416 e. The average Bonchev–Trinajstić information content (AvgIpc) is 2.66. The van der Waals surface area contributed by atoms with Gasteiger partial charge in [-0.05, 0) is 30.7 Å². The van der Waals surface area contributed by atoms with Gasteiger partial charge in [-0.2, -0.15) is 13.2 Å². The molecule has 0 aliphatic carbocycles. The standard InChI is InChI=1S/C11H11F4N.ClH/c12-10(4-5-16-7-10)8-2-1-3-9(6-8)11(13,14)15;/h1-3,6,16H,4-5,7H2;1H. The van der Waals surface area contributed by atoms with Crippen molar-refractivity contribution in [1.29, 1.82) is 0 Å². The zero-order valence-corrected chi connectivity index (χ0v) is 9.67. The quantitative estimate of drug-likeness (QED) is 0.772. The molecule has 0 bridgehead atoms. The minimum atomic E-state index is -4.42. The van der Waals surface area contributed by atoms with E-state index in [1.807, 2.05) is 0 Å². The molecule has 1 aliphatic rings. The predicted molar refractivity (Wildman–Crippen MR) is 59.0 cm³/mol. The van der Waals surface area contributed by atoms with Crippen LogP contribution in [0.4, 0.5) is 17.6 Å². The summed E-state index contributed by atoms with van der Waals surface area (Å²) in [5.41, 5.74) is -2.36. The molecule has 1 nitrogen and oxygen atoms in total. The average molecular weight is 270 g/mol. The summed E-state index contributed by atoms with van der Waals surface area (Å²) in [5.74, 6) is 0. The Kier molecular flexibility index (Phi) is 4.04. The van der Waals surface area contributed by atoms with Crippen LogP contribution in [0.2, 0.25) is 0 Å². The van der Waals surface area contributed by atoms with Crippen LogP contribution in [0.15, 0.2) is 24.3 Å². The number of hydrogen-bond acceptors (Lipinski definition) is 1. The lowest BCUT2D eigenvalue weighted by molar-refractivity contribution is -0.137. The van der Waals surface area contributed by atoms with Gasteiger partial charge in [0.25, 0.3) is 0 Å². The fraction of sp³-hybridized carbons (Fsp3) is 0.455. The Morgan fingerprint density at radius 2 is 1.94 bits per heavy atom. The van der Waals surface area contributed by atoms with Gasteiger partial charge in [-0.15, -0.1) is 12.4 Å². The molecule has 1 fully saturated rings. The molecular formula is C11H12ClF4N. The van der Waals surface area contributed by atoms with Crippen molar-refractivity contribution in [3.8, 4) is 0 Å². The summed E-state index contributed by atoms with van der Waals surface area (Å²) in [4.78, 5) is 0. The summed E-state index contributed by atoms with van der Waals surface area (Å²) < 4.78 is 51.5. The SMILES string of the molecule is Cl.FC(F)(F)c1cccc(C2(F)CCNC2)c1. The molecule has 1 aromatic carbocycles. The molecule has 0 saturated carbocycles. The number of halogens is 5. The van der Waals surface area contributed by atoms with Crippen molar-refractivity contribution in [2.45, 2.75) is 18.3 Å². The van der Waals surface area contributed by atoms with Crippen LogP contribution < -0.4 is 5.32 Å². The molecule has 96 valence electrons. The second-order valence-corrected chi connectivity index (χ2v) is 3.97. The maximum atomic E-state index is 14.2. The molecule has 1 N–H and O–H groups in total. The Bertz CT molecular complexity index is 385. The minimum absolute atomic E-state index is 0. The normalized spacial score (nSPS) is 24.5. The third-order valence-electron chi connectivity index (χ3n) is 2.81. The first-order chi connectivity index (χ1) is 7.42. The van der Waals surface area contributed by atoms with Crippen molar-refractivity contribution >= 4 is 12.4 Å². The molecule has 0 aromatic heterocycles. The fourth-order valence-electron chi connectivity index (χ4n) is 1.88. The Morgan fingerprint density at radius 3 is 2.47 bits per heavy atom. The fourth-order valence-corrected chi connectivity index (χ4v) is 1.88. The molecule has 0 amide bonds. The summed E-state index contributed by atoms with van der Waals surface area (Å²) in [6.45, 7) is 0.570. The van der Waals surface area contributed by atoms with Crippen molar-refractivity contribution in [2.75, 3.05) is 13.1 Å². The molecule has 1 aromatic rings. The van der Waals surface area contributed by atoms with Gasteiger partial charge in [0.15, 0.2) is 0 Å². The van der Waals surface area contributed by atoms with Crippen LogP contribution in [0.1, 0.15) is 17.5 Å². The van der Waals surface area contributed by atoms with Crippen LogP contribution in [0.5, 0.6) is 0 Å². The van der Waals surface area contributed by atoms with Crippen molar-refractivity contribution in [1.82, 2.24) is 5.32 Å². The first kappa shape index (κ1) is 14.3.